The third-order valence-corrected chi connectivity index (χ3v) is 2.60. The lowest BCUT2D eigenvalue weighted by atomic mass is 10.2. The third kappa shape index (κ3) is 15.1. The Balaban J connectivity index is 0.000000561. The van der Waals surface area contributed by atoms with Gasteiger partial charge in [0, 0.05) is 18.1 Å². The molecule has 0 atom stereocenters. The van der Waals surface area contributed by atoms with Crippen molar-refractivity contribution in [2.45, 2.75) is 86.0 Å². The van der Waals surface area contributed by atoms with E-state index in [1.54, 1.807) is 60.0 Å². The second kappa shape index (κ2) is 10.8. The van der Waals surface area contributed by atoms with Crippen molar-refractivity contribution in [3.05, 3.63) is 24.0 Å². The maximum Gasteiger partial charge on any atom is 0.519 e. The zero-order valence-corrected chi connectivity index (χ0v) is 19.5. The van der Waals surface area contributed by atoms with Crippen LogP contribution in [0.5, 0.6) is 0 Å². The first-order chi connectivity index (χ1) is 13.4. The Labute approximate surface area is 178 Å². The van der Waals surface area contributed by atoms with Crippen LogP contribution in [0.2, 0.25) is 0 Å². The standard InChI is InChI=1S/C11H16N2O2.C10H18O5/c1-8-7-12-6-5-9(8)13-10(14)15-11(2,3)4;1-9(2,3)14-7(11)13-8(12)15-10(4,5)6/h5-7H,1-4H3,(H,12,13,14);1-6H3. The fraction of sp³-hybridized carbons (Fsp3) is 0.619. The first kappa shape index (κ1) is 27.2. The number of anilines is 1. The number of hydrogen-bond acceptors (Lipinski definition) is 8. The minimum atomic E-state index is -1.06. The fourth-order valence-corrected chi connectivity index (χ4v) is 1.64. The number of carbonyl (C=O) groups is 3. The van der Waals surface area contributed by atoms with Crippen LogP contribution in [0.15, 0.2) is 18.5 Å². The van der Waals surface area contributed by atoms with E-state index in [0.717, 1.165) is 11.3 Å². The van der Waals surface area contributed by atoms with E-state index in [4.69, 9.17) is 14.2 Å². The highest BCUT2D eigenvalue weighted by Gasteiger charge is 2.24. The molecule has 0 aliphatic rings. The van der Waals surface area contributed by atoms with Gasteiger partial charge in [0.2, 0.25) is 0 Å². The molecule has 0 unspecified atom stereocenters. The Morgan fingerprint density at radius 3 is 1.60 bits per heavy atom. The van der Waals surface area contributed by atoms with Gasteiger partial charge in [0.05, 0.1) is 0 Å². The van der Waals surface area contributed by atoms with Crippen molar-refractivity contribution in [3.63, 3.8) is 0 Å². The normalized spacial score (nSPS) is 11.4. The summed E-state index contributed by atoms with van der Waals surface area (Å²) in [5, 5.41) is 2.67. The maximum atomic E-state index is 11.4. The van der Waals surface area contributed by atoms with Crippen molar-refractivity contribution >= 4 is 24.1 Å². The number of hydrogen-bond donors (Lipinski definition) is 1. The topological polar surface area (TPSA) is 113 Å². The number of carbonyl (C=O) groups excluding carboxylic acids is 3. The molecule has 0 spiro atoms. The summed E-state index contributed by atoms with van der Waals surface area (Å²) in [5.41, 5.74) is -0.244. The van der Waals surface area contributed by atoms with E-state index in [9.17, 15) is 14.4 Å². The van der Waals surface area contributed by atoms with Crippen LogP contribution in [-0.4, -0.2) is 40.2 Å². The van der Waals surface area contributed by atoms with Crippen LogP contribution in [0.4, 0.5) is 20.1 Å². The van der Waals surface area contributed by atoms with Gasteiger partial charge in [-0.25, -0.2) is 14.4 Å². The second-order valence-electron chi connectivity index (χ2n) is 9.35. The van der Waals surface area contributed by atoms with Gasteiger partial charge in [0.25, 0.3) is 0 Å². The Morgan fingerprint density at radius 1 is 0.800 bits per heavy atom. The summed E-state index contributed by atoms with van der Waals surface area (Å²) in [4.78, 5) is 37.4. The number of rotatable bonds is 1. The number of pyridine rings is 1. The summed E-state index contributed by atoms with van der Waals surface area (Å²) >= 11 is 0. The van der Waals surface area contributed by atoms with Gasteiger partial charge < -0.3 is 18.9 Å². The largest absolute Gasteiger partial charge is 0.519 e. The van der Waals surface area contributed by atoms with Gasteiger partial charge in [-0.2, -0.15) is 0 Å². The molecule has 9 nitrogen and oxygen atoms in total. The van der Waals surface area contributed by atoms with E-state index in [2.05, 4.69) is 15.0 Å². The molecule has 30 heavy (non-hydrogen) atoms. The lowest BCUT2D eigenvalue weighted by Gasteiger charge is -2.20. The summed E-state index contributed by atoms with van der Waals surface area (Å²) in [6.07, 6.45) is 0.747. The van der Waals surface area contributed by atoms with Gasteiger partial charge in [-0.3, -0.25) is 10.3 Å². The monoisotopic (exact) mass is 426 g/mol. The minimum Gasteiger partial charge on any atom is -0.444 e. The fourth-order valence-electron chi connectivity index (χ4n) is 1.64. The molecule has 0 aliphatic heterocycles. The molecule has 1 N–H and O–H groups in total. The molecular weight excluding hydrogens is 392 g/mol. The van der Waals surface area contributed by atoms with Gasteiger partial charge in [-0.1, -0.05) is 0 Å². The van der Waals surface area contributed by atoms with Gasteiger partial charge in [-0.15, -0.1) is 0 Å². The zero-order valence-electron chi connectivity index (χ0n) is 19.5. The molecule has 0 saturated carbocycles. The number of ether oxygens (including phenoxy) is 4. The third-order valence-electron chi connectivity index (χ3n) is 2.60. The van der Waals surface area contributed by atoms with Crippen LogP contribution in [0.25, 0.3) is 0 Å². The van der Waals surface area contributed by atoms with Gasteiger partial charge in [-0.05, 0) is 80.9 Å². The van der Waals surface area contributed by atoms with Gasteiger partial charge >= 0.3 is 18.4 Å². The maximum absolute atomic E-state index is 11.4. The van der Waals surface area contributed by atoms with Crippen LogP contribution in [0.1, 0.15) is 67.9 Å². The van der Waals surface area contributed by atoms with Crippen molar-refractivity contribution < 1.29 is 33.3 Å². The Bertz CT molecular complexity index is 700. The highest BCUT2D eigenvalue weighted by atomic mass is 16.8. The smallest absolute Gasteiger partial charge is 0.444 e. The van der Waals surface area contributed by atoms with Crippen molar-refractivity contribution in [1.29, 1.82) is 0 Å². The zero-order chi connectivity index (χ0) is 23.8. The molecule has 0 fully saturated rings. The lowest BCUT2D eigenvalue weighted by Crippen LogP contribution is -2.29. The lowest BCUT2D eigenvalue weighted by molar-refractivity contribution is -0.0294. The van der Waals surface area contributed by atoms with E-state index in [-0.39, 0.29) is 0 Å². The van der Waals surface area contributed by atoms with Crippen molar-refractivity contribution in [2.75, 3.05) is 5.32 Å². The molecular formula is C21H34N2O7. The van der Waals surface area contributed by atoms with Crippen molar-refractivity contribution in [3.8, 4) is 0 Å². The van der Waals surface area contributed by atoms with Gasteiger partial charge in [0.1, 0.15) is 16.8 Å². The number of nitrogens with zero attached hydrogens (tertiary/aromatic N) is 1. The van der Waals surface area contributed by atoms with E-state index in [1.807, 2.05) is 27.7 Å². The van der Waals surface area contributed by atoms with E-state index in [1.165, 1.54) is 0 Å². The summed E-state index contributed by atoms with van der Waals surface area (Å²) in [6, 6.07) is 1.74. The summed E-state index contributed by atoms with van der Waals surface area (Å²) < 4.78 is 18.9. The molecule has 0 saturated heterocycles. The summed E-state index contributed by atoms with van der Waals surface area (Å²) in [7, 11) is 0. The minimum absolute atomic E-state index is 0.447. The molecule has 170 valence electrons. The predicted octanol–water partition coefficient (Wildman–Crippen LogP) is 5.61. The van der Waals surface area contributed by atoms with Crippen molar-refractivity contribution in [2.24, 2.45) is 0 Å². The van der Waals surface area contributed by atoms with E-state index < -0.39 is 35.2 Å². The summed E-state index contributed by atoms with van der Waals surface area (Å²) in [6.45, 7) is 17.4. The average Bonchev–Trinajstić information content (AvgIpc) is 2.44. The average molecular weight is 427 g/mol. The van der Waals surface area contributed by atoms with Crippen LogP contribution < -0.4 is 5.32 Å². The van der Waals surface area contributed by atoms with E-state index in [0.29, 0.717) is 0 Å². The van der Waals surface area contributed by atoms with Crippen LogP contribution in [0.3, 0.4) is 0 Å². The second-order valence-corrected chi connectivity index (χ2v) is 9.35. The van der Waals surface area contributed by atoms with Gasteiger partial charge in [0.15, 0.2) is 0 Å². The van der Waals surface area contributed by atoms with Crippen LogP contribution in [-0.2, 0) is 18.9 Å². The predicted molar refractivity (Wildman–Crippen MR) is 112 cm³/mol. The quantitative estimate of drug-likeness (QED) is 0.350. The highest BCUT2D eigenvalue weighted by Crippen LogP contribution is 2.14. The van der Waals surface area contributed by atoms with Crippen molar-refractivity contribution in [1.82, 2.24) is 4.98 Å². The Hall–Kier alpha value is -2.84. The number of aromatic nitrogens is 1. The number of amides is 1. The molecule has 1 aromatic heterocycles. The molecule has 9 heteroatoms. The molecule has 0 bridgehead atoms. The molecule has 0 aliphatic carbocycles. The molecule has 1 rings (SSSR count). The molecule has 1 amide bonds. The molecule has 1 aromatic rings. The molecule has 0 radical (unpaired) electrons. The first-order valence-electron chi connectivity index (χ1n) is 9.42. The van der Waals surface area contributed by atoms with Crippen LogP contribution >= 0.6 is 0 Å². The van der Waals surface area contributed by atoms with E-state index >= 15 is 0 Å². The first-order valence-corrected chi connectivity index (χ1v) is 9.42. The Morgan fingerprint density at radius 2 is 1.23 bits per heavy atom. The highest BCUT2D eigenvalue weighted by molar-refractivity contribution is 5.85. The summed E-state index contributed by atoms with van der Waals surface area (Å²) in [5.74, 6) is 0. The Kier molecular flexibility index (Phi) is 9.78. The molecule has 1 heterocycles. The number of aryl methyl sites for hydroxylation is 1. The SMILES string of the molecule is CC(C)(C)OC(=O)OC(=O)OC(C)(C)C.Cc1cnccc1NC(=O)OC(C)(C)C. The molecule has 0 aromatic carbocycles. The van der Waals surface area contributed by atoms with Crippen LogP contribution in [0, 0.1) is 6.92 Å². The number of nitrogens with one attached hydrogen (secondary N) is 1.